The minimum absolute atomic E-state index is 0.176. The Labute approximate surface area is 98.4 Å². The van der Waals surface area contributed by atoms with E-state index in [9.17, 15) is 0 Å². The van der Waals surface area contributed by atoms with Gasteiger partial charge in [-0.15, -0.1) is 0 Å². The third kappa shape index (κ3) is 2.88. The number of aromatic nitrogens is 3. The summed E-state index contributed by atoms with van der Waals surface area (Å²) in [6.07, 6.45) is 1.25. The SMILES string of the molecule is COc1nc(N)nc(NCC2CCSC2)n1. The summed E-state index contributed by atoms with van der Waals surface area (Å²) in [5, 5.41) is 3.17. The van der Waals surface area contributed by atoms with Gasteiger partial charge in [0.1, 0.15) is 0 Å². The predicted molar refractivity (Wildman–Crippen MR) is 64.7 cm³/mol. The Balaban J connectivity index is 1.94. The molecule has 1 atom stereocenters. The van der Waals surface area contributed by atoms with Gasteiger partial charge in [-0.1, -0.05) is 0 Å². The average Bonchev–Trinajstić information content (AvgIpc) is 2.78. The number of hydrogen-bond acceptors (Lipinski definition) is 7. The van der Waals surface area contributed by atoms with Gasteiger partial charge in [0, 0.05) is 6.54 Å². The summed E-state index contributed by atoms with van der Waals surface area (Å²) >= 11 is 1.99. The van der Waals surface area contributed by atoms with E-state index in [1.807, 2.05) is 11.8 Å². The van der Waals surface area contributed by atoms with Gasteiger partial charge < -0.3 is 15.8 Å². The molecule has 1 saturated heterocycles. The molecule has 1 unspecified atom stereocenters. The molecule has 0 radical (unpaired) electrons. The maximum atomic E-state index is 5.53. The Morgan fingerprint density at radius 2 is 2.38 bits per heavy atom. The van der Waals surface area contributed by atoms with Crippen molar-refractivity contribution in [1.29, 1.82) is 0 Å². The minimum Gasteiger partial charge on any atom is -0.467 e. The normalized spacial score (nSPS) is 19.7. The molecule has 2 rings (SSSR count). The van der Waals surface area contributed by atoms with Crippen molar-refractivity contribution in [3.63, 3.8) is 0 Å². The standard InChI is InChI=1S/C9H15N5OS/c1-15-9-13-7(10)12-8(14-9)11-4-6-2-3-16-5-6/h6H,2-5H2,1H3,(H3,10,11,12,13,14). The van der Waals surface area contributed by atoms with Gasteiger partial charge in [0.15, 0.2) is 0 Å². The molecule has 1 aliphatic heterocycles. The average molecular weight is 241 g/mol. The van der Waals surface area contributed by atoms with E-state index in [1.54, 1.807) is 0 Å². The number of ether oxygens (including phenoxy) is 1. The van der Waals surface area contributed by atoms with Crippen LogP contribution in [0, 0.1) is 5.92 Å². The van der Waals surface area contributed by atoms with Crippen LogP contribution in [-0.2, 0) is 0 Å². The molecule has 0 aliphatic carbocycles. The highest BCUT2D eigenvalue weighted by Gasteiger charge is 2.15. The van der Waals surface area contributed by atoms with E-state index in [2.05, 4.69) is 20.3 Å². The molecule has 0 bridgehead atoms. The lowest BCUT2D eigenvalue weighted by Crippen LogP contribution is -2.16. The number of nitrogens with two attached hydrogens (primary N) is 1. The molecule has 0 spiro atoms. The number of nitrogens with zero attached hydrogens (tertiary/aromatic N) is 3. The summed E-state index contributed by atoms with van der Waals surface area (Å²) in [7, 11) is 1.51. The van der Waals surface area contributed by atoms with Crippen molar-refractivity contribution >= 4 is 23.7 Å². The van der Waals surface area contributed by atoms with Crippen LogP contribution in [0.4, 0.5) is 11.9 Å². The van der Waals surface area contributed by atoms with Gasteiger partial charge in [0.2, 0.25) is 11.9 Å². The van der Waals surface area contributed by atoms with E-state index in [4.69, 9.17) is 10.5 Å². The molecule has 7 heteroatoms. The van der Waals surface area contributed by atoms with Crippen LogP contribution in [0.5, 0.6) is 6.01 Å². The minimum atomic E-state index is 0.176. The number of nitrogen functional groups attached to an aromatic ring is 1. The molecule has 3 N–H and O–H groups in total. The highest BCUT2D eigenvalue weighted by molar-refractivity contribution is 7.99. The maximum Gasteiger partial charge on any atom is 0.322 e. The fourth-order valence-corrected chi connectivity index (χ4v) is 2.81. The molecule has 16 heavy (non-hydrogen) atoms. The second kappa shape index (κ2) is 5.20. The van der Waals surface area contributed by atoms with E-state index < -0.39 is 0 Å². The van der Waals surface area contributed by atoms with Crippen molar-refractivity contribution < 1.29 is 4.74 Å². The summed E-state index contributed by atoms with van der Waals surface area (Å²) in [6.45, 7) is 0.875. The van der Waals surface area contributed by atoms with Gasteiger partial charge in [-0.2, -0.15) is 26.7 Å². The molecule has 1 aromatic rings. The van der Waals surface area contributed by atoms with Crippen LogP contribution < -0.4 is 15.8 Å². The zero-order valence-electron chi connectivity index (χ0n) is 9.14. The first-order valence-corrected chi connectivity index (χ1v) is 6.30. The van der Waals surface area contributed by atoms with E-state index in [1.165, 1.54) is 25.0 Å². The molecule has 0 aromatic carbocycles. The highest BCUT2D eigenvalue weighted by Crippen LogP contribution is 2.23. The number of rotatable bonds is 4. The number of thioether (sulfide) groups is 1. The molecule has 6 nitrogen and oxygen atoms in total. The van der Waals surface area contributed by atoms with Crippen molar-refractivity contribution in [2.24, 2.45) is 5.92 Å². The number of anilines is 2. The lowest BCUT2D eigenvalue weighted by Gasteiger charge is -2.10. The van der Waals surface area contributed by atoms with E-state index in [0.29, 0.717) is 11.9 Å². The lowest BCUT2D eigenvalue weighted by molar-refractivity contribution is 0.379. The van der Waals surface area contributed by atoms with Crippen molar-refractivity contribution in [3.8, 4) is 6.01 Å². The smallest absolute Gasteiger partial charge is 0.322 e. The second-order valence-corrected chi connectivity index (χ2v) is 4.76. The van der Waals surface area contributed by atoms with Crippen LogP contribution in [-0.4, -0.2) is 40.1 Å². The topological polar surface area (TPSA) is 86.0 Å². The summed E-state index contributed by atoms with van der Waals surface area (Å²) in [4.78, 5) is 11.9. The van der Waals surface area contributed by atoms with Crippen LogP contribution >= 0.6 is 11.8 Å². The fourth-order valence-electron chi connectivity index (χ4n) is 1.52. The molecule has 1 fully saturated rings. The van der Waals surface area contributed by atoms with Crippen LogP contribution in [0.1, 0.15) is 6.42 Å². The van der Waals surface area contributed by atoms with Crippen molar-refractivity contribution in [1.82, 2.24) is 15.0 Å². The quantitative estimate of drug-likeness (QED) is 0.799. The summed E-state index contributed by atoms with van der Waals surface area (Å²) in [5.41, 5.74) is 5.53. The molecular weight excluding hydrogens is 226 g/mol. The first-order valence-electron chi connectivity index (χ1n) is 5.15. The van der Waals surface area contributed by atoms with E-state index >= 15 is 0 Å². The van der Waals surface area contributed by atoms with Crippen LogP contribution in [0.25, 0.3) is 0 Å². The Morgan fingerprint density at radius 1 is 1.50 bits per heavy atom. The number of nitrogens with one attached hydrogen (secondary N) is 1. The summed E-state index contributed by atoms with van der Waals surface area (Å²) in [6, 6.07) is 0.246. The van der Waals surface area contributed by atoms with E-state index in [0.717, 1.165) is 6.54 Å². The van der Waals surface area contributed by atoms with Gasteiger partial charge in [-0.05, 0) is 23.8 Å². The third-order valence-corrected chi connectivity index (χ3v) is 3.62. The Hall–Kier alpha value is -1.24. The first kappa shape index (κ1) is 11.3. The van der Waals surface area contributed by atoms with Gasteiger partial charge in [-0.25, -0.2) is 0 Å². The predicted octanol–water partition coefficient (Wildman–Crippen LogP) is 0.627. The van der Waals surface area contributed by atoms with Crippen molar-refractivity contribution in [2.75, 3.05) is 36.2 Å². The van der Waals surface area contributed by atoms with Gasteiger partial charge in [0.05, 0.1) is 7.11 Å². The largest absolute Gasteiger partial charge is 0.467 e. The van der Waals surface area contributed by atoms with Crippen LogP contribution in [0.2, 0.25) is 0 Å². The van der Waals surface area contributed by atoms with E-state index in [-0.39, 0.29) is 12.0 Å². The fraction of sp³-hybridized carbons (Fsp3) is 0.667. The molecule has 2 heterocycles. The first-order chi connectivity index (χ1) is 7.78. The van der Waals surface area contributed by atoms with Gasteiger partial charge in [-0.3, -0.25) is 0 Å². The van der Waals surface area contributed by atoms with Crippen LogP contribution in [0.15, 0.2) is 0 Å². The monoisotopic (exact) mass is 241 g/mol. The van der Waals surface area contributed by atoms with Crippen molar-refractivity contribution in [2.45, 2.75) is 6.42 Å². The maximum absolute atomic E-state index is 5.53. The molecule has 1 aliphatic rings. The number of methoxy groups -OCH3 is 1. The molecular formula is C9H15N5OS. The zero-order chi connectivity index (χ0) is 11.4. The highest BCUT2D eigenvalue weighted by atomic mass is 32.2. The summed E-state index contributed by atoms with van der Waals surface area (Å²) in [5.74, 6) is 3.80. The zero-order valence-corrected chi connectivity index (χ0v) is 9.96. The lowest BCUT2D eigenvalue weighted by atomic mass is 10.1. The van der Waals surface area contributed by atoms with Crippen molar-refractivity contribution in [3.05, 3.63) is 0 Å². The van der Waals surface area contributed by atoms with Gasteiger partial charge in [0.25, 0.3) is 0 Å². The molecule has 0 amide bonds. The number of hydrogen-bond donors (Lipinski definition) is 2. The van der Waals surface area contributed by atoms with Crippen LogP contribution in [0.3, 0.4) is 0 Å². The summed E-state index contributed by atoms with van der Waals surface area (Å²) < 4.78 is 4.92. The molecule has 1 aromatic heterocycles. The molecule has 0 saturated carbocycles. The van der Waals surface area contributed by atoms with Gasteiger partial charge >= 0.3 is 6.01 Å². The third-order valence-electron chi connectivity index (χ3n) is 2.39. The Kier molecular flexibility index (Phi) is 3.66. The molecule has 88 valence electrons. The Morgan fingerprint density at radius 3 is 3.06 bits per heavy atom. The second-order valence-electron chi connectivity index (χ2n) is 3.61. The Bertz CT molecular complexity index is 356.